The summed E-state index contributed by atoms with van der Waals surface area (Å²) in [6, 6.07) is 52.1. The van der Waals surface area contributed by atoms with E-state index in [1.165, 1.54) is 70.7 Å². The molecule has 4 heterocycles. The van der Waals surface area contributed by atoms with Gasteiger partial charge in [0.2, 0.25) is 0 Å². The Balaban J connectivity index is 1.46. The first kappa shape index (κ1) is 24.1. The Kier molecular flexibility index (Phi) is 4.55. The fourth-order valence-electron chi connectivity index (χ4n) is 7.92. The van der Waals surface area contributed by atoms with Crippen LogP contribution in [0.15, 0.2) is 146 Å². The third-order valence-corrected chi connectivity index (χ3v) is 9.81. The summed E-state index contributed by atoms with van der Waals surface area (Å²) < 4.78 is 4.91. The number of hydrogen-bond donors (Lipinski definition) is 0. The van der Waals surface area contributed by atoms with Crippen molar-refractivity contribution >= 4 is 81.6 Å². The maximum atomic E-state index is 5.44. The van der Waals surface area contributed by atoms with E-state index >= 15 is 0 Å². The maximum absolute atomic E-state index is 5.44. The standard InChI is InChI=1S/C42H24N4/c1-2-13-26(14-3-1)41-43-34-19-9-6-17-30(34)42(44-41)46-38-27-15-5-4-12-25(27)22-23-29(38)33-24-32-28-16-7-10-20-35(28)45-36-21-11-8-18-31(36)37(39(32)45)40(33)46/h1-24H. The summed E-state index contributed by atoms with van der Waals surface area (Å²) in [7, 11) is 0. The molecular weight excluding hydrogens is 560 g/mol. The summed E-state index contributed by atoms with van der Waals surface area (Å²) in [6.45, 7) is 0. The lowest BCUT2D eigenvalue weighted by atomic mass is 10.0. The third kappa shape index (κ3) is 2.98. The maximum Gasteiger partial charge on any atom is 0.162 e. The lowest BCUT2D eigenvalue weighted by Crippen LogP contribution is -2.03. The lowest BCUT2D eigenvalue weighted by molar-refractivity contribution is 1.08. The smallest absolute Gasteiger partial charge is 0.162 e. The molecule has 0 aliphatic carbocycles. The van der Waals surface area contributed by atoms with Crippen molar-refractivity contribution in [3.8, 4) is 17.2 Å². The lowest BCUT2D eigenvalue weighted by Gasteiger charge is -2.14. The van der Waals surface area contributed by atoms with Gasteiger partial charge in [-0.2, -0.15) is 0 Å². The average Bonchev–Trinajstić information content (AvgIpc) is 3.76. The van der Waals surface area contributed by atoms with E-state index in [1.807, 2.05) is 6.07 Å². The van der Waals surface area contributed by atoms with Gasteiger partial charge in [-0.05, 0) is 35.7 Å². The van der Waals surface area contributed by atoms with Gasteiger partial charge in [-0.15, -0.1) is 0 Å². The van der Waals surface area contributed by atoms with Crippen molar-refractivity contribution in [2.75, 3.05) is 0 Å². The van der Waals surface area contributed by atoms with Gasteiger partial charge in [0.25, 0.3) is 0 Å². The molecule has 0 amide bonds. The van der Waals surface area contributed by atoms with Crippen LogP contribution in [0, 0.1) is 0 Å². The number of nitrogens with zero attached hydrogens (tertiary/aromatic N) is 4. The van der Waals surface area contributed by atoms with Crippen LogP contribution in [0.25, 0.3) is 98.8 Å². The van der Waals surface area contributed by atoms with Crippen LogP contribution in [0.4, 0.5) is 0 Å². The topological polar surface area (TPSA) is 35.1 Å². The number of para-hydroxylation sites is 3. The van der Waals surface area contributed by atoms with Crippen molar-refractivity contribution in [1.82, 2.24) is 18.9 Å². The second-order valence-electron chi connectivity index (χ2n) is 12.2. The van der Waals surface area contributed by atoms with Gasteiger partial charge in [0.1, 0.15) is 5.82 Å². The zero-order valence-electron chi connectivity index (χ0n) is 24.6. The Morgan fingerprint density at radius 2 is 1.07 bits per heavy atom. The second kappa shape index (κ2) is 8.68. The summed E-state index contributed by atoms with van der Waals surface area (Å²) in [5.74, 6) is 1.61. The van der Waals surface area contributed by atoms with Gasteiger partial charge in [0.05, 0.1) is 33.1 Å². The molecule has 11 aromatic rings. The van der Waals surface area contributed by atoms with Gasteiger partial charge < -0.3 is 4.40 Å². The second-order valence-corrected chi connectivity index (χ2v) is 12.2. The Hall–Kier alpha value is -6.26. The number of rotatable bonds is 2. The highest BCUT2D eigenvalue weighted by atomic mass is 15.1. The molecule has 7 aromatic carbocycles. The van der Waals surface area contributed by atoms with Crippen LogP contribution in [0.2, 0.25) is 0 Å². The van der Waals surface area contributed by atoms with Crippen molar-refractivity contribution in [3.63, 3.8) is 0 Å². The first-order valence-corrected chi connectivity index (χ1v) is 15.7. The third-order valence-electron chi connectivity index (χ3n) is 9.81. The largest absolute Gasteiger partial charge is 0.308 e. The SMILES string of the molecule is c1ccc(-c2nc(-n3c4c5ccccc5ccc4c4cc5c6ccccc6n6c7ccccc7c(c43)c56)c3ccccc3n2)cc1. The molecule has 11 rings (SSSR count). The number of hydrogen-bond acceptors (Lipinski definition) is 2. The van der Waals surface area contributed by atoms with Gasteiger partial charge >= 0.3 is 0 Å². The van der Waals surface area contributed by atoms with E-state index in [-0.39, 0.29) is 0 Å². The van der Waals surface area contributed by atoms with E-state index in [1.54, 1.807) is 0 Å². The van der Waals surface area contributed by atoms with Gasteiger partial charge in [-0.25, -0.2) is 9.97 Å². The van der Waals surface area contributed by atoms with Crippen LogP contribution in [0.1, 0.15) is 0 Å². The molecule has 0 atom stereocenters. The molecule has 0 radical (unpaired) electrons. The highest BCUT2D eigenvalue weighted by Crippen LogP contribution is 2.47. The molecule has 0 aliphatic rings. The highest BCUT2D eigenvalue weighted by molar-refractivity contribution is 6.35. The molecule has 0 saturated carbocycles. The van der Waals surface area contributed by atoms with E-state index in [0.29, 0.717) is 0 Å². The summed E-state index contributed by atoms with van der Waals surface area (Å²) in [4.78, 5) is 10.5. The quantitative estimate of drug-likeness (QED) is 0.203. The van der Waals surface area contributed by atoms with Crippen molar-refractivity contribution < 1.29 is 0 Å². The van der Waals surface area contributed by atoms with Crippen molar-refractivity contribution in [3.05, 3.63) is 146 Å². The molecule has 0 bridgehead atoms. The Bertz CT molecular complexity index is 3020. The summed E-state index contributed by atoms with van der Waals surface area (Å²) in [5.41, 5.74) is 7.97. The van der Waals surface area contributed by atoms with E-state index in [2.05, 4.69) is 148 Å². The first-order chi connectivity index (χ1) is 22.8. The van der Waals surface area contributed by atoms with Crippen LogP contribution in [0.5, 0.6) is 0 Å². The minimum Gasteiger partial charge on any atom is -0.308 e. The van der Waals surface area contributed by atoms with Crippen molar-refractivity contribution in [1.29, 1.82) is 0 Å². The summed E-state index contributed by atoms with van der Waals surface area (Å²) >= 11 is 0. The summed E-state index contributed by atoms with van der Waals surface area (Å²) in [6.07, 6.45) is 0. The van der Waals surface area contributed by atoms with E-state index in [4.69, 9.17) is 9.97 Å². The van der Waals surface area contributed by atoms with Crippen LogP contribution < -0.4 is 0 Å². The number of aromatic nitrogens is 4. The highest BCUT2D eigenvalue weighted by Gasteiger charge is 2.26. The molecule has 0 spiro atoms. The van der Waals surface area contributed by atoms with Crippen LogP contribution >= 0.6 is 0 Å². The average molecular weight is 585 g/mol. The normalized spacial score (nSPS) is 12.3. The molecule has 0 unspecified atom stereocenters. The molecule has 212 valence electrons. The predicted molar refractivity (Wildman–Crippen MR) is 191 cm³/mol. The molecule has 0 aliphatic heterocycles. The van der Waals surface area contributed by atoms with Gasteiger partial charge in [-0.1, -0.05) is 115 Å². The molecule has 0 saturated heterocycles. The molecule has 4 heteroatoms. The Morgan fingerprint density at radius 3 is 1.91 bits per heavy atom. The van der Waals surface area contributed by atoms with Gasteiger partial charge in [0, 0.05) is 48.7 Å². The van der Waals surface area contributed by atoms with E-state index < -0.39 is 0 Å². The van der Waals surface area contributed by atoms with Crippen LogP contribution in [-0.4, -0.2) is 18.9 Å². The van der Waals surface area contributed by atoms with Crippen LogP contribution in [0.3, 0.4) is 0 Å². The fraction of sp³-hybridized carbons (Fsp3) is 0. The number of benzene rings is 7. The Labute approximate surface area is 262 Å². The molecule has 4 nitrogen and oxygen atoms in total. The molecule has 4 aromatic heterocycles. The molecule has 46 heavy (non-hydrogen) atoms. The minimum absolute atomic E-state index is 0.719. The van der Waals surface area contributed by atoms with Crippen molar-refractivity contribution in [2.24, 2.45) is 0 Å². The zero-order valence-corrected chi connectivity index (χ0v) is 24.6. The fourth-order valence-corrected chi connectivity index (χ4v) is 7.92. The zero-order chi connectivity index (χ0) is 29.9. The molecule has 0 fully saturated rings. The number of fused-ring (bicyclic) bond motifs is 13. The van der Waals surface area contributed by atoms with E-state index in [9.17, 15) is 0 Å². The molecular formula is C42H24N4. The van der Waals surface area contributed by atoms with Crippen molar-refractivity contribution in [2.45, 2.75) is 0 Å². The Morgan fingerprint density at radius 1 is 0.413 bits per heavy atom. The molecule has 0 N–H and O–H groups in total. The van der Waals surface area contributed by atoms with E-state index in [0.717, 1.165) is 28.1 Å². The summed E-state index contributed by atoms with van der Waals surface area (Å²) in [5, 5.41) is 10.9. The monoisotopic (exact) mass is 584 g/mol. The van der Waals surface area contributed by atoms with Gasteiger partial charge in [0.15, 0.2) is 5.82 Å². The predicted octanol–water partition coefficient (Wildman–Crippen LogP) is 10.7. The van der Waals surface area contributed by atoms with Crippen LogP contribution in [-0.2, 0) is 0 Å². The van der Waals surface area contributed by atoms with Gasteiger partial charge in [-0.3, -0.25) is 4.57 Å². The minimum atomic E-state index is 0.719. The first-order valence-electron chi connectivity index (χ1n) is 15.7.